The molecule has 0 atom stereocenters. The zero-order chi connectivity index (χ0) is 17.9. The first kappa shape index (κ1) is 19.0. The van der Waals surface area contributed by atoms with E-state index in [-0.39, 0.29) is 5.91 Å². The molecular formula is C17H23Cl2N3O2. The van der Waals surface area contributed by atoms with Crippen molar-refractivity contribution in [3.05, 3.63) is 28.2 Å². The molecule has 7 heteroatoms. The Labute approximate surface area is 152 Å². The summed E-state index contributed by atoms with van der Waals surface area (Å²) in [5.74, 6) is -0.598. The summed E-state index contributed by atoms with van der Waals surface area (Å²) in [6, 6.07) is 4.98. The maximum atomic E-state index is 12.8. The lowest BCUT2D eigenvalue weighted by molar-refractivity contribution is -0.147. The average molecular weight is 372 g/mol. The Bertz CT molecular complexity index is 606. The highest BCUT2D eigenvalue weighted by molar-refractivity contribution is 6.40. The summed E-state index contributed by atoms with van der Waals surface area (Å²) in [6.07, 6.45) is 0. The van der Waals surface area contributed by atoms with E-state index in [2.05, 4.69) is 17.1 Å². The lowest BCUT2D eigenvalue weighted by Gasteiger charge is -2.37. The van der Waals surface area contributed by atoms with Crippen molar-refractivity contribution in [3.8, 4) is 0 Å². The van der Waals surface area contributed by atoms with Crippen molar-refractivity contribution in [3.63, 3.8) is 0 Å². The van der Waals surface area contributed by atoms with E-state index in [1.165, 1.54) is 0 Å². The molecule has 132 valence electrons. The van der Waals surface area contributed by atoms with Crippen LogP contribution in [0.3, 0.4) is 0 Å². The Kier molecular flexibility index (Phi) is 6.12. The van der Waals surface area contributed by atoms with Crippen molar-refractivity contribution in [1.29, 1.82) is 0 Å². The predicted molar refractivity (Wildman–Crippen MR) is 97.6 cm³/mol. The van der Waals surface area contributed by atoms with Gasteiger partial charge in [-0.25, -0.2) is 0 Å². The fourth-order valence-electron chi connectivity index (χ4n) is 2.65. The highest BCUT2D eigenvalue weighted by Gasteiger charge is 2.40. The molecule has 1 fully saturated rings. The number of anilines is 1. The number of benzene rings is 1. The maximum absolute atomic E-state index is 12.8. The lowest BCUT2D eigenvalue weighted by Crippen LogP contribution is -2.54. The number of nitrogens with zero attached hydrogens (tertiary/aromatic N) is 2. The largest absolute Gasteiger partial charge is 0.339 e. The fraction of sp³-hybridized carbons (Fsp3) is 0.529. The van der Waals surface area contributed by atoms with Gasteiger partial charge in [-0.15, -0.1) is 0 Å². The van der Waals surface area contributed by atoms with Crippen LogP contribution < -0.4 is 5.32 Å². The molecule has 1 aromatic carbocycles. The van der Waals surface area contributed by atoms with Crippen LogP contribution in [-0.2, 0) is 9.59 Å². The summed E-state index contributed by atoms with van der Waals surface area (Å²) in [4.78, 5) is 29.5. The minimum absolute atomic E-state index is 0.182. The number of carbonyl (C=O) groups is 2. The van der Waals surface area contributed by atoms with Crippen LogP contribution in [0.5, 0.6) is 0 Å². The number of piperazine rings is 1. The second-order valence-corrected chi connectivity index (χ2v) is 7.22. The molecule has 0 aliphatic carbocycles. The summed E-state index contributed by atoms with van der Waals surface area (Å²) < 4.78 is 0. The van der Waals surface area contributed by atoms with E-state index in [1.807, 2.05) is 0 Å². The minimum Gasteiger partial charge on any atom is -0.339 e. The molecule has 0 unspecified atom stereocenters. The highest BCUT2D eigenvalue weighted by atomic mass is 35.5. The molecule has 0 radical (unpaired) electrons. The van der Waals surface area contributed by atoms with Gasteiger partial charge in [-0.3, -0.25) is 9.59 Å². The van der Waals surface area contributed by atoms with Crippen LogP contribution in [-0.4, -0.2) is 54.3 Å². The summed E-state index contributed by atoms with van der Waals surface area (Å²) in [5.41, 5.74) is -0.862. The average Bonchev–Trinajstić information content (AvgIpc) is 2.57. The fourth-order valence-corrected chi connectivity index (χ4v) is 3.14. The van der Waals surface area contributed by atoms with Crippen LogP contribution in [0.2, 0.25) is 10.0 Å². The van der Waals surface area contributed by atoms with Gasteiger partial charge in [-0.05, 0) is 32.5 Å². The van der Waals surface area contributed by atoms with Crippen LogP contribution in [0.15, 0.2) is 18.2 Å². The molecule has 1 aliphatic heterocycles. The Balaban J connectivity index is 2.08. The standard InChI is InChI=1S/C17H23Cl2N3O2/c1-4-21-8-10-22(11-9-21)16(24)17(2,3)15(23)20-14-12(18)6-5-7-13(14)19/h5-7H,4,8-11H2,1-3H3,(H,20,23). The summed E-state index contributed by atoms with van der Waals surface area (Å²) in [6.45, 7) is 9.25. The smallest absolute Gasteiger partial charge is 0.239 e. The van der Waals surface area contributed by atoms with Crippen molar-refractivity contribution >= 4 is 40.7 Å². The van der Waals surface area contributed by atoms with Gasteiger partial charge < -0.3 is 15.1 Å². The van der Waals surface area contributed by atoms with E-state index in [4.69, 9.17) is 23.2 Å². The van der Waals surface area contributed by atoms with Crippen molar-refractivity contribution in [2.75, 3.05) is 38.0 Å². The molecule has 1 aromatic rings. The van der Waals surface area contributed by atoms with Crippen molar-refractivity contribution in [2.24, 2.45) is 5.41 Å². The normalized spacial score (nSPS) is 16.1. The predicted octanol–water partition coefficient (Wildman–Crippen LogP) is 3.12. The molecule has 0 saturated carbocycles. The molecular weight excluding hydrogens is 349 g/mol. The third-order valence-electron chi connectivity index (χ3n) is 4.41. The molecule has 1 saturated heterocycles. The number of amides is 2. The van der Waals surface area contributed by atoms with E-state index < -0.39 is 11.3 Å². The van der Waals surface area contributed by atoms with Gasteiger partial charge in [-0.2, -0.15) is 0 Å². The summed E-state index contributed by atoms with van der Waals surface area (Å²) >= 11 is 12.2. The Hall–Kier alpha value is -1.30. The second kappa shape index (κ2) is 7.72. The van der Waals surface area contributed by atoms with Crippen LogP contribution in [0.1, 0.15) is 20.8 Å². The quantitative estimate of drug-likeness (QED) is 0.827. The van der Waals surface area contributed by atoms with Gasteiger partial charge in [0.15, 0.2) is 0 Å². The first-order valence-electron chi connectivity index (χ1n) is 8.04. The number of hydrogen-bond donors (Lipinski definition) is 1. The number of halogens is 2. The first-order valence-corrected chi connectivity index (χ1v) is 8.80. The monoisotopic (exact) mass is 371 g/mol. The third kappa shape index (κ3) is 4.02. The summed E-state index contributed by atoms with van der Waals surface area (Å²) in [7, 11) is 0. The Morgan fingerprint density at radius 1 is 1.12 bits per heavy atom. The SMILES string of the molecule is CCN1CCN(C(=O)C(C)(C)C(=O)Nc2c(Cl)cccc2Cl)CC1. The number of hydrogen-bond acceptors (Lipinski definition) is 3. The van der Waals surface area contributed by atoms with E-state index >= 15 is 0 Å². The Morgan fingerprint density at radius 2 is 1.67 bits per heavy atom. The molecule has 2 amide bonds. The van der Waals surface area contributed by atoms with Crippen molar-refractivity contribution in [1.82, 2.24) is 9.80 Å². The van der Waals surface area contributed by atoms with Gasteiger partial charge in [0.2, 0.25) is 11.8 Å². The Morgan fingerprint density at radius 3 is 2.17 bits per heavy atom. The van der Waals surface area contributed by atoms with Crippen LogP contribution in [0.4, 0.5) is 5.69 Å². The van der Waals surface area contributed by atoms with Crippen LogP contribution in [0.25, 0.3) is 0 Å². The van der Waals surface area contributed by atoms with Gasteiger partial charge in [0.05, 0.1) is 15.7 Å². The second-order valence-electron chi connectivity index (χ2n) is 6.40. The van der Waals surface area contributed by atoms with E-state index in [9.17, 15) is 9.59 Å². The van der Waals surface area contributed by atoms with Gasteiger partial charge in [0.25, 0.3) is 0 Å². The molecule has 0 spiro atoms. The number of para-hydroxylation sites is 1. The molecule has 5 nitrogen and oxygen atoms in total. The molecule has 2 rings (SSSR count). The third-order valence-corrected chi connectivity index (χ3v) is 5.04. The first-order chi connectivity index (χ1) is 11.3. The molecule has 0 bridgehead atoms. The molecule has 0 aromatic heterocycles. The van der Waals surface area contributed by atoms with Crippen molar-refractivity contribution in [2.45, 2.75) is 20.8 Å². The van der Waals surface area contributed by atoms with E-state index in [0.717, 1.165) is 19.6 Å². The highest BCUT2D eigenvalue weighted by Crippen LogP contribution is 2.32. The number of nitrogens with one attached hydrogen (secondary N) is 1. The molecule has 24 heavy (non-hydrogen) atoms. The van der Waals surface area contributed by atoms with Gasteiger partial charge in [-0.1, -0.05) is 36.2 Å². The lowest BCUT2D eigenvalue weighted by atomic mass is 9.89. The van der Waals surface area contributed by atoms with Gasteiger partial charge in [0, 0.05) is 26.2 Å². The molecule has 1 aliphatic rings. The van der Waals surface area contributed by atoms with Crippen molar-refractivity contribution < 1.29 is 9.59 Å². The van der Waals surface area contributed by atoms with Gasteiger partial charge in [0.1, 0.15) is 5.41 Å². The zero-order valence-corrected chi connectivity index (χ0v) is 15.7. The number of likely N-dealkylation sites (N-methyl/N-ethyl adjacent to an activating group) is 1. The number of carbonyl (C=O) groups excluding carboxylic acids is 2. The zero-order valence-electron chi connectivity index (χ0n) is 14.2. The summed E-state index contributed by atoms with van der Waals surface area (Å²) in [5, 5.41) is 3.38. The molecule has 1 heterocycles. The van der Waals surface area contributed by atoms with E-state index in [0.29, 0.717) is 28.8 Å². The topological polar surface area (TPSA) is 52.7 Å². The van der Waals surface area contributed by atoms with E-state index in [1.54, 1.807) is 36.9 Å². The maximum Gasteiger partial charge on any atom is 0.239 e. The minimum atomic E-state index is -1.20. The number of rotatable bonds is 4. The van der Waals surface area contributed by atoms with Crippen LogP contribution in [0, 0.1) is 5.41 Å². The van der Waals surface area contributed by atoms with Crippen LogP contribution >= 0.6 is 23.2 Å². The molecule has 1 N–H and O–H groups in total. The van der Waals surface area contributed by atoms with Gasteiger partial charge >= 0.3 is 0 Å².